The van der Waals surface area contributed by atoms with E-state index in [0.29, 0.717) is 22.3 Å². The molecule has 0 saturated heterocycles. The van der Waals surface area contributed by atoms with Gasteiger partial charge >= 0.3 is 6.18 Å². The predicted octanol–water partition coefficient (Wildman–Crippen LogP) is 3.59. The summed E-state index contributed by atoms with van der Waals surface area (Å²) in [5.74, 6) is 0.211. The minimum absolute atomic E-state index is 0.211. The summed E-state index contributed by atoms with van der Waals surface area (Å²) in [5.41, 5.74) is 8.15. The molecule has 21 heavy (non-hydrogen) atoms. The number of aliphatic imine (C=N–C) groups is 1. The summed E-state index contributed by atoms with van der Waals surface area (Å²) in [6.45, 7) is 2.07. The first-order valence-electron chi connectivity index (χ1n) is 6.32. The Morgan fingerprint density at radius 1 is 1.14 bits per heavy atom. The number of pyridine rings is 1. The molecule has 6 heteroatoms. The third-order valence-electron chi connectivity index (χ3n) is 3.42. The van der Waals surface area contributed by atoms with Gasteiger partial charge in [-0.25, -0.2) is 4.98 Å². The van der Waals surface area contributed by atoms with Crippen LogP contribution in [0.1, 0.15) is 22.3 Å². The molecule has 0 radical (unpaired) electrons. The zero-order valence-corrected chi connectivity index (χ0v) is 11.2. The van der Waals surface area contributed by atoms with E-state index >= 15 is 0 Å². The van der Waals surface area contributed by atoms with Gasteiger partial charge in [-0.05, 0) is 41.8 Å². The van der Waals surface area contributed by atoms with Gasteiger partial charge in [0.1, 0.15) is 5.82 Å². The molecule has 1 aliphatic rings. The summed E-state index contributed by atoms with van der Waals surface area (Å²) in [5, 5.41) is 0. The molecule has 3 rings (SSSR count). The second kappa shape index (κ2) is 4.58. The maximum atomic E-state index is 13.0. The van der Waals surface area contributed by atoms with Gasteiger partial charge in [0.25, 0.3) is 0 Å². The summed E-state index contributed by atoms with van der Waals surface area (Å²) < 4.78 is 39.1. The van der Waals surface area contributed by atoms with Crippen molar-refractivity contribution in [3.63, 3.8) is 0 Å². The lowest BCUT2D eigenvalue weighted by Crippen LogP contribution is -2.08. The summed E-state index contributed by atoms with van der Waals surface area (Å²) >= 11 is 0. The van der Waals surface area contributed by atoms with Gasteiger partial charge in [-0.3, -0.25) is 4.99 Å². The highest BCUT2D eigenvalue weighted by Gasteiger charge is 2.33. The number of nitrogen functional groups attached to an aromatic ring is 1. The molecule has 1 aromatic heterocycles. The molecule has 0 unspecified atom stereocenters. The van der Waals surface area contributed by atoms with Gasteiger partial charge in [0.2, 0.25) is 0 Å². The van der Waals surface area contributed by atoms with Crippen LogP contribution in [0.25, 0.3) is 11.1 Å². The molecule has 0 atom stereocenters. The fourth-order valence-corrected chi connectivity index (χ4v) is 2.41. The summed E-state index contributed by atoms with van der Waals surface area (Å²) in [7, 11) is 0. The number of anilines is 1. The van der Waals surface area contributed by atoms with Crippen molar-refractivity contribution in [3.05, 3.63) is 46.6 Å². The summed E-state index contributed by atoms with van der Waals surface area (Å²) in [4.78, 5) is 8.08. The Balaban J connectivity index is 2.29. The largest absolute Gasteiger partial charge is 0.416 e. The van der Waals surface area contributed by atoms with Crippen LogP contribution < -0.4 is 5.73 Å². The lowest BCUT2D eigenvalue weighted by Gasteiger charge is -2.14. The number of alkyl halides is 3. The van der Waals surface area contributed by atoms with Crippen molar-refractivity contribution < 1.29 is 13.2 Å². The van der Waals surface area contributed by atoms with Crippen molar-refractivity contribution in [2.45, 2.75) is 19.6 Å². The Hall–Kier alpha value is -2.37. The number of nitrogens with zero attached hydrogens (tertiary/aromatic N) is 2. The van der Waals surface area contributed by atoms with Crippen LogP contribution in [-0.2, 0) is 12.7 Å². The molecule has 1 aliphatic heterocycles. The quantitative estimate of drug-likeness (QED) is 0.873. The Kier molecular flexibility index (Phi) is 2.97. The standard InChI is InChI=1S/C15H12F3N3/c1-8-2-12(14(19)21-5-8)11-4-10(15(16,17)18)3-9-6-20-7-13(9)11/h2-5,7H,6H2,1H3,(H2,19,21). The van der Waals surface area contributed by atoms with Gasteiger partial charge in [-0.15, -0.1) is 0 Å². The topological polar surface area (TPSA) is 51.3 Å². The number of hydrogen-bond donors (Lipinski definition) is 1. The summed E-state index contributed by atoms with van der Waals surface area (Å²) in [6, 6.07) is 4.00. The molecule has 0 aliphatic carbocycles. The normalized spacial score (nSPS) is 13.5. The second-order valence-electron chi connectivity index (χ2n) is 5.01. The molecule has 0 bridgehead atoms. The molecular formula is C15H12F3N3. The first-order chi connectivity index (χ1) is 9.86. The highest BCUT2D eigenvalue weighted by atomic mass is 19.4. The Bertz CT molecular complexity index is 749. The number of aryl methyl sites for hydroxylation is 1. The smallest absolute Gasteiger partial charge is 0.383 e. The molecule has 0 amide bonds. The van der Waals surface area contributed by atoms with Crippen LogP contribution in [0.15, 0.2) is 29.4 Å². The van der Waals surface area contributed by atoms with Crippen LogP contribution in [0, 0.1) is 6.92 Å². The maximum absolute atomic E-state index is 13.0. The fraction of sp³-hybridized carbons (Fsp3) is 0.200. The van der Waals surface area contributed by atoms with E-state index in [9.17, 15) is 13.2 Å². The highest BCUT2D eigenvalue weighted by molar-refractivity contribution is 5.96. The van der Waals surface area contributed by atoms with E-state index in [-0.39, 0.29) is 12.4 Å². The first-order valence-corrected chi connectivity index (χ1v) is 6.32. The molecular weight excluding hydrogens is 279 g/mol. The van der Waals surface area contributed by atoms with Crippen LogP contribution in [-0.4, -0.2) is 11.2 Å². The van der Waals surface area contributed by atoms with Crippen molar-refractivity contribution in [2.24, 2.45) is 4.99 Å². The van der Waals surface area contributed by atoms with Gasteiger partial charge in [0, 0.05) is 23.5 Å². The number of benzene rings is 1. The van der Waals surface area contributed by atoms with Crippen molar-refractivity contribution in [1.29, 1.82) is 0 Å². The van der Waals surface area contributed by atoms with Crippen molar-refractivity contribution >= 4 is 12.0 Å². The number of rotatable bonds is 1. The molecule has 3 nitrogen and oxygen atoms in total. The Morgan fingerprint density at radius 3 is 2.62 bits per heavy atom. The molecule has 0 spiro atoms. The van der Waals surface area contributed by atoms with Crippen molar-refractivity contribution in [2.75, 3.05) is 5.73 Å². The van der Waals surface area contributed by atoms with Crippen LogP contribution >= 0.6 is 0 Å². The van der Waals surface area contributed by atoms with Crippen molar-refractivity contribution in [3.8, 4) is 11.1 Å². The van der Waals surface area contributed by atoms with E-state index in [4.69, 9.17) is 5.73 Å². The molecule has 108 valence electrons. The molecule has 2 aromatic rings. The minimum Gasteiger partial charge on any atom is -0.383 e. The lowest BCUT2D eigenvalue weighted by atomic mass is 9.94. The zero-order chi connectivity index (χ0) is 15.2. The SMILES string of the molecule is Cc1cnc(N)c(-c2cc(C(F)(F)F)cc3c2C=NC3)c1. The Morgan fingerprint density at radius 2 is 1.90 bits per heavy atom. The highest BCUT2D eigenvalue weighted by Crippen LogP contribution is 2.38. The second-order valence-corrected chi connectivity index (χ2v) is 5.01. The van der Waals surface area contributed by atoms with Gasteiger partial charge in [0.15, 0.2) is 0 Å². The van der Waals surface area contributed by atoms with Crippen LogP contribution in [0.5, 0.6) is 0 Å². The maximum Gasteiger partial charge on any atom is 0.416 e. The third kappa shape index (κ3) is 2.37. The molecule has 0 fully saturated rings. The third-order valence-corrected chi connectivity index (χ3v) is 3.42. The van der Waals surface area contributed by atoms with E-state index < -0.39 is 11.7 Å². The number of halogens is 3. The van der Waals surface area contributed by atoms with Gasteiger partial charge in [-0.1, -0.05) is 0 Å². The average Bonchev–Trinajstić information content (AvgIpc) is 2.87. The average molecular weight is 291 g/mol. The first kappa shape index (κ1) is 13.6. The van der Waals surface area contributed by atoms with Crippen LogP contribution in [0.3, 0.4) is 0 Å². The molecule has 1 aromatic carbocycles. The van der Waals surface area contributed by atoms with E-state index in [2.05, 4.69) is 9.98 Å². The van der Waals surface area contributed by atoms with Gasteiger partial charge < -0.3 is 5.73 Å². The van der Waals surface area contributed by atoms with E-state index in [1.54, 1.807) is 18.5 Å². The van der Waals surface area contributed by atoms with Crippen LogP contribution in [0.4, 0.5) is 19.0 Å². The van der Waals surface area contributed by atoms with Crippen LogP contribution in [0.2, 0.25) is 0 Å². The zero-order valence-electron chi connectivity index (χ0n) is 11.2. The predicted molar refractivity (Wildman–Crippen MR) is 75.1 cm³/mol. The van der Waals surface area contributed by atoms with E-state index in [0.717, 1.165) is 17.7 Å². The molecule has 2 heterocycles. The monoisotopic (exact) mass is 291 g/mol. The fourth-order valence-electron chi connectivity index (χ4n) is 2.41. The summed E-state index contributed by atoms with van der Waals surface area (Å²) in [6.07, 6.45) is -1.23. The number of fused-ring (bicyclic) bond motifs is 1. The minimum atomic E-state index is -4.40. The van der Waals surface area contributed by atoms with Gasteiger partial charge in [0.05, 0.1) is 12.1 Å². The van der Waals surface area contributed by atoms with Gasteiger partial charge in [-0.2, -0.15) is 13.2 Å². The Labute approximate surface area is 119 Å². The lowest BCUT2D eigenvalue weighted by molar-refractivity contribution is -0.137. The van der Waals surface area contributed by atoms with E-state index in [1.165, 1.54) is 0 Å². The number of nitrogens with two attached hydrogens (primary N) is 1. The number of aromatic nitrogens is 1. The molecule has 2 N–H and O–H groups in total. The van der Waals surface area contributed by atoms with E-state index in [1.807, 2.05) is 6.92 Å². The van der Waals surface area contributed by atoms with Crippen molar-refractivity contribution in [1.82, 2.24) is 4.98 Å². The molecule has 0 saturated carbocycles. The number of hydrogen-bond acceptors (Lipinski definition) is 3.